The van der Waals surface area contributed by atoms with E-state index >= 15 is 0 Å². The van der Waals surface area contributed by atoms with Crippen LogP contribution in [-0.4, -0.2) is 47.4 Å². The summed E-state index contributed by atoms with van der Waals surface area (Å²) in [7, 11) is 1.42. The normalized spacial score (nSPS) is 16.0. The van der Waals surface area contributed by atoms with Crippen LogP contribution in [0.4, 0.5) is 4.79 Å². The Bertz CT molecular complexity index is 733. The SMILES string of the molecule is CCN1C(=O)S/C(=C/c2cc(OC)c(OCC(=O)O)cc2Br)C1=O. The highest BCUT2D eigenvalue weighted by atomic mass is 79.9. The molecule has 24 heavy (non-hydrogen) atoms. The number of amides is 2. The highest BCUT2D eigenvalue weighted by Gasteiger charge is 2.33. The molecule has 7 nitrogen and oxygen atoms in total. The largest absolute Gasteiger partial charge is 0.493 e. The highest BCUT2D eigenvalue weighted by Crippen LogP contribution is 2.37. The van der Waals surface area contributed by atoms with Crippen LogP contribution in [0.25, 0.3) is 6.08 Å². The minimum Gasteiger partial charge on any atom is -0.493 e. The zero-order valence-electron chi connectivity index (χ0n) is 12.9. The number of carboxylic acids is 1. The average molecular weight is 416 g/mol. The van der Waals surface area contributed by atoms with Crippen molar-refractivity contribution < 1.29 is 29.0 Å². The molecule has 0 spiro atoms. The van der Waals surface area contributed by atoms with Gasteiger partial charge in [0.2, 0.25) is 0 Å². The molecule has 1 N–H and O–H groups in total. The van der Waals surface area contributed by atoms with Crippen molar-refractivity contribution in [1.29, 1.82) is 0 Å². The molecular weight excluding hydrogens is 402 g/mol. The van der Waals surface area contributed by atoms with E-state index in [1.54, 1.807) is 25.1 Å². The second-order valence-electron chi connectivity index (χ2n) is 4.63. The molecule has 0 radical (unpaired) electrons. The molecule has 9 heteroatoms. The number of rotatable bonds is 6. The second-order valence-corrected chi connectivity index (χ2v) is 6.48. The van der Waals surface area contributed by atoms with E-state index in [2.05, 4.69) is 15.9 Å². The Labute approximate surface area is 150 Å². The van der Waals surface area contributed by atoms with Gasteiger partial charge in [0.25, 0.3) is 11.1 Å². The number of hydrogen-bond acceptors (Lipinski definition) is 6. The zero-order chi connectivity index (χ0) is 17.9. The Morgan fingerprint density at radius 1 is 1.38 bits per heavy atom. The summed E-state index contributed by atoms with van der Waals surface area (Å²) in [6.45, 7) is 1.54. The van der Waals surface area contributed by atoms with Gasteiger partial charge < -0.3 is 14.6 Å². The molecule has 1 saturated heterocycles. The number of imide groups is 1. The van der Waals surface area contributed by atoms with Gasteiger partial charge in [-0.1, -0.05) is 15.9 Å². The van der Waals surface area contributed by atoms with E-state index < -0.39 is 12.6 Å². The Morgan fingerprint density at radius 2 is 2.08 bits per heavy atom. The van der Waals surface area contributed by atoms with Gasteiger partial charge in [-0.3, -0.25) is 14.5 Å². The van der Waals surface area contributed by atoms with Gasteiger partial charge in [0.15, 0.2) is 18.1 Å². The first kappa shape index (κ1) is 18.3. The van der Waals surface area contributed by atoms with Gasteiger partial charge in [-0.25, -0.2) is 4.79 Å². The number of halogens is 1. The van der Waals surface area contributed by atoms with Gasteiger partial charge in [-0.15, -0.1) is 0 Å². The van der Waals surface area contributed by atoms with Crippen molar-refractivity contribution in [2.45, 2.75) is 6.92 Å². The van der Waals surface area contributed by atoms with Crippen molar-refractivity contribution in [2.75, 3.05) is 20.3 Å². The smallest absolute Gasteiger partial charge is 0.341 e. The number of carbonyl (C=O) groups is 3. The molecule has 1 aliphatic rings. The van der Waals surface area contributed by atoms with Crippen molar-refractivity contribution in [3.05, 3.63) is 27.1 Å². The molecule has 0 aromatic heterocycles. The molecule has 0 bridgehead atoms. The molecule has 1 fully saturated rings. The maximum absolute atomic E-state index is 12.1. The first-order chi connectivity index (χ1) is 11.4. The molecule has 1 aliphatic heterocycles. The molecule has 0 aliphatic carbocycles. The summed E-state index contributed by atoms with van der Waals surface area (Å²) in [4.78, 5) is 36.0. The Hall–Kier alpha value is -2.00. The van der Waals surface area contributed by atoms with Gasteiger partial charge in [0.1, 0.15) is 0 Å². The third-order valence-electron chi connectivity index (χ3n) is 3.11. The van der Waals surface area contributed by atoms with Crippen molar-refractivity contribution in [3.8, 4) is 11.5 Å². The number of benzene rings is 1. The zero-order valence-corrected chi connectivity index (χ0v) is 15.3. The summed E-state index contributed by atoms with van der Waals surface area (Å²) in [5, 5.41) is 8.38. The fourth-order valence-electron chi connectivity index (χ4n) is 1.99. The van der Waals surface area contributed by atoms with Gasteiger partial charge in [0, 0.05) is 11.0 Å². The minimum absolute atomic E-state index is 0.255. The molecule has 1 aromatic carbocycles. The Kier molecular flexibility index (Phi) is 5.89. The lowest BCUT2D eigenvalue weighted by Crippen LogP contribution is -2.27. The summed E-state index contributed by atoms with van der Waals surface area (Å²) in [6, 6.07) is 3.15. The lowest BCUT2D eigenvalue weighted by molar-refractivity contribution is -0.139. The predicted octanol–water partition coefficient (Wildman–Crippen LogP) is 2.98. The number of hydrogen-bond donors (Lipinski definition) is 1. The summed E-state index contributed by atoms with van der Waals surface area (Å²) < 4.78 is 10.9. The Morgan fingerprint density at radius 3 is 2.62 bits per heavy atom. The van der Waals surface area contributed by atoms with E-state index in [4.69, 9.17) is 14.6 Å². The minimum atomic E-state index is -1.11. The van der Waals surface area contributed by atoms with E-state index in [0.29, 0.717) is 27.2 Å². The molecule has 0 atom stereocenters. The number of nitrogens with zero attached hydrogens (tertiary/aromatic N) is 1. The molecular formula is C15H14BrNO6S. The first-order valence-corrected chi connectivity index (χ1v) is 8.45. The summed E-state index contributed by atoms with van der Waals surface area (Å²) in [6.07, 6.45) is 1.58. The number of carbonyl (C=O) groups excluding carboxylic acids is 2. The van der Waals surface area contributed by atoms with Gasteiger partial charge >= 0.3 is 5.97 Å². The molecule has 1 aromatic rings. The average Bonchev–Trinajstić information content (AvgIpc) is 2.80. The van der Waals surface area contributed by atoms with Crippen molar-refractivity contribution >= 4 is 50.9 Å². The van der Waals surface area contributed by atoms with Crippen LogP contribution in [0.5, 0.6) is 11.5 Å². The summed E-state index contributed by atoms with van der Waals surface area (Å²) in [5.74, 6) is -0.874. The van der Waals surface area contributed by atoms with Crippen LogP contribution >= 0.6 is 27.7 Å². The number of carboxylic acid groups (broad SMARTS) is 1. The molecule has 1 heterocycles. The van der Waals surface area contributed by atoms with Gasteiger partial charge in [0.05, 0.1) is 12.0 Å². The third-order valence-corrected chi connectivity index (χ3v) is 4.70. The lowest BCUT2D eigenvalue weighted by Gasteiger charge is -2.12. The van der Waals surface area contributed by atoms with E-state index in [1.807, 2.05) is 0 Å². The monoisotopic (exact) mass is 415 g/mol. The van der Waals surface area contributed by atoms with Crippen LogP contribution in [0.15, 0.2) is 21.5 Å². The van der Waals surface area contributed by atoms with Crippen molar-refractivity contribution in [2.24, 2.45) is 0 Å². The maximum atomic E-state index is 12.1. The van der Waals surface area contributed by atoms with Crippen LogP contribution in [0, 0.1) is 0 Å². The van der Waals surface area contributed by atoms with Crippen LogP contribution in [0.2, 0.25) is 0 Å². The summed E-state index contributed by atoms with van der Waals surface area (Å²) in [5.41, 5.74) is 0.608. The quantitative estimate of drug-likeness (QED) is 0.713. The lowest BCUT2D eigenvalue weighted by atomic mass is 10.2. The molecule has 2 rings (SSSR count). The molecule has 0 saturated carbocycles. The molecule has 2 amide bonds. The first-order valence-electron chi connectivity index (χ1n) is 6.84. The fourth-order valence-corrected chi connectivity index (χ4v) is 3.32. The van der Waals surface area contributed by atoms with Crippen LogP contribution in [0.1, 0.15) is 12.5 Å². The standard InChI is InChI=1S/C15H14BrNO6S/c1-3-17-14(20)12(24-15(17)21)5-8-4-10(22-2)11(6-9(8)16)23-7-13(18)19/h4-6H,3,7H2,1-2H3,(H,18,19)/b12-5+. The fraction of sp³-hybridized carbons (Fsp3) is 0.267. The van der Waals surface area contributed by atoms with Gasteiger partial charge in [-0.05, 0) is 42.5 Å². The topological polar surface area (TPSA) is 93.1 Å². The Balaban J connectivity index is 2.35. The number of thioether (sulfide) groups is 1. The molecule has 0 unspecified atom stereocenters. The number of methoxy groups -OCH3 is 1. The third kappa shape index (κ3) is 3.90. The number of ether oxygens (including phenoxy) is 2. The van der Waals surface area contributed by atoms with Crippen molar-refractivity contribution in [3.63, 3.8) is 0 Å². The van der Waals surface area contributed by atoms with Crippen LogP contribution < -0.4 is 9.47 Å². The van der Waals surface area contributed by atoms with E-state index in [0.717, 1.165) is 16.7 Å². The van der Waals surface area contributed by atoms with Crippen molar-refractivity contribution in [1.82, 2.24) is 4.90 Å². The molecule has 128 valence electrons. The van der Waals surface area contributed by atoms with Gasteiger partial charge in [-0.2, -0.15) is 0 Å². The van der Waals surface area contributed by atoms with Crippen LogP contribution in [-0.2, 0) is 9.59 Å². The number of aliphatic carboxylic acids is 1. The summed E-state index contributed by atoms with van der Waals surface area (Å²) >= 11 is 4.22. The van der Waals surface area contributed by atoms with E-state index in [-0.39, 0.29) is 16.9 Å². The van der Waals surface area contributed by atoms with Crippen LogP contribution in [0.3, 0.4) is 0 Å². The van der Waals surface area contributed by atoms with E-state index in [1.165, 1.54) is 7.11 Å². The second kappa shape index (κ2) is 7.71. The predicted molar refractivity (Wildman–Crippen MR) is 92.2 cm³/mol. The van der Waals surface area contributed by atoms with E-state index in [9.17, 15) is 14.4 Å². The maximum Gasteiger partial charge on any atom is 0.341 e. The number of likely N-dealkylation sites (N-methyl/N-ethyl adjacent to an activating group) is 1. The highest BCUT2D eigenvalue weighted by molar-refractivity contribution is 9.10.